The summed E-state index contributed by atoms with van der Waals surface area (Å²) in [6.45, 7) is 15.7. The highest BCUT2D eigenvalue weighted by Crippen LogP contribution is 2.38. The predicted octanol–water partition coefficient (Wildman–Crippen LogP) is 5.28. The molecule has 0 radical (unpaired) electrons. The van der Waals surface area contributed by atoms with E-state index in [2.05, 4.69) is 40.4 Å². The number of rotatable bonds is 10. The first-order valence-electron chi connectivity index (χ1n) is 14.6. The summed E-state index contributed by atoms with van der Waals surface area (Å²) in [5.74, 6) is 1.10. The van der Waals surface area contributed by atoms with Gasteiger partial charge in [0, 0.05) is 49.4 Å². The second-order valence-corrected chi connectivity index (χ2v) is 12.3. The molecule has 2 fully saturated rings. The summed E-state index contributed by atoms with van der Waals surface area (Å²) in [5.41, 5.74) is 3.43. The highest BCUT2D eigenvalue weighted by Gasteiger charge is 2.40. The third kappa shape index (κ3) is 5.41. The van der Waals surface area contributed by atoms with Crippen LogP contribution in [0.5, 0.6) is 0 Å². The monoisotopic (exact) mass is 550 g/mol. The molecular formula is C32H43FN4O3. The van der Waals surface area contributed by atoms with Crippen LogP contribution in [0.4, 0.5) is 4.39 Å². The first kappa shape index (κ1) is 28.7. The van der Waals surface area contributed by atoms with Crippen LogP contribution in [0.25, 0.3) is 16.6 Å². The first-order valence-corrected chi connectivity index (χ1v) is 14.6. The summed E-state index contributed by atoms with van der Waals surface area (Å²) in [6.07, 6.45) is 5.70. The standard InChI is InChI=1S/C32H43FN4O3/c1-7-36(21(4)5)31(38)28-13-25(33)8-9-26(28)27-12-23(17-37-22(6)34-14-30(27)37)24-15-35(16-24)29(20(2)3)10-11-32(39)18-40-19-32/h8-9,12-14,17,20-21,24,29,39H,7,10-11,15-16,18-19H2,1-6H3. The Hall–Kier alpha value is -2.81. The zero-order valence-corrected chi connectivity index (χ0v) is 24.7. The normalized spacial score (nSPS) is 18.2. The minimum absolute atomic E-state index is 0.00424. The van der Waals surface area contributed by atoms with Crippen LogP contribution in [-0.2, 0) is 4.74 Å². The molecule has 2 aliphatic heterocycles. The van der Waals surface area contributed by atoms with Crippen LogP contribution in [0, 0.1) is 18.7 Å². The number of ether oxygens (including phenoxy) is 1. The Morgan fingerprint density at radius 1 is 1.20 bits per heavy atom. The van der Waals surface area contributed by atoms with E-state index >= 15 is 0 Å². The van der Waals surface area contributed by atoms with Gasteiger partial charge in [-0.2, -0.15) is 0 Å². The summed E-state index contributed by atoms with van der Waals surface area (Å²) in [5, 5.41) is 10.5. The van der Waals surface area contributed by atoms with Gasteiger partial charge in [0.2, 0.25) is 0 Å². The third-order valence-electron chi connectivity index (χ3n) is 8.84. The number of pyridine rings is 1. The van der Waals surface area contributed by atoms with E-state index in [1.165, 1.54) is 17.7 Å². The van der Waals surface area contributed by atoms with Crippen molar-refractivity contribution in [3.63, 3.8) is 0 Å². The molecule has 2 saturated heterocycles. The van der Waals surface area contributed by atoms with Crippen molar-refractivity contribution < 1.29 is 19.0 Å². The fraction of sp³-hybridized carbons (Fsp3) is 0.562. The van der Waals surface area contributed by atoms with Gasteiger partial charge in [0.25, 0.3) is 5.91 Å². The number of halogens is 1. The van der Waals surface area contributed by atoms with Gasteiger partial charge >= 0.3 is 0 Å². The van der Waals surface area contributed by atoms with Crippen LogP contribution in [-0.4, -0.2) is 80.7 Å². The van der Waals surface area contributed by atoms with Crippen LogP contribution < -0.4 is 0 Å². The van der Waals surface area contributed by atoms with E-state index in [0.29, 0.717) is 43.2 Å². The van der Waals surface area contributed by atoms with E-state index in [9.17, 15) is 14.3 Å². The minimum Gasteiger partial charge on any atom is -0.385 e. The van der Waals surface area contributed by atoms with Gasteiger partial charge in [-0.3, -0.25) is 9.69 Å². The lowest BCUT2D eigenvalue weighted by molar-refractivity contribution is -0.184. The number of fused-ring (bicyclic) bond motifs is 1. The molecule has 5 rings (SSSR count). The smallest absolute Gasteiger partial charge is 0.254 e. The number of imidazole rings is 1. The van der Waals surface area contributed by atoms with Crippen molar-refractivity contribution in [3.05, 3.63) is 59.4 Å². The van der Waals surface area contributed by atoms with Gasteiger partial charge in [0.05, 0.1) is 30.5 Å². The van der Waals surface area contributed by atoms with E-state index in [1.807, 2.05) is 33.9 Å². The zero-order chi connectivity index (χ0) is 28.8. The molecule has 1 N–H and O–H groups in total. The second-order valence-electron chi connectivity index (χ2n) is 12.3. The zero-order valence-electron chi connectivity index (χ0n) is 24.7. The number of hydrogen-bond donors (Lipinski definition) is 1. The van der Waals surface area contributed by atoms with Gasteiger partial charge in [-0.1, -0.05) is 19.9 Å². The molecule has 3 aromatic rings. The maximum Gasteiger partial charge on any atom is 0.254 e. The molecule has 2 aromatic heterocycles. The van der Waals surface area contributed by atoms with Crippen molar-refractivity contribution in [2.75, 3.05) is 32.8 Å². The minimum atomic E-state index is -0.663. The fourth-order valence-corrected chi connectivity index (χ4v) is 6.34. The second kappa shape index (κ2) is 11.2. The molecule has 40 heavy (non-hydrogen) atoms. The van der Waals surface area contributed by atoms with Crippen molar-refractivity contribution in [1.82, 2.24) is 19.2 Å². The molecule has 1 amide bonds. The van der Waals surface area contributed by atoms with E-state index in [1.54, 1.807) is 11.0 Å². The number of aryl methyl sites for hydroxylation is 1. The highest BCUT2D eigenvalue weighted by molar-refractivity contribution is 6.03. The Morgan fingerprint density at radius 2 is 1.93 bits per heavy atom. The van der Waals surface area contributed by atoms with Crippen molar-refractivity contribution in [2.45, 2.75) is 78.0 Å². The number of aliphatic hydroxyl groups is 1. The summed E-state index contributed by atoms with van der Waals surface area (Å²) in [6, 6.07) is 7.11. The highest BCUT2D eigenvalue weighted by atomic mass is 19.1. The summed E-state index contributed by atoms with van der Waals surface area (Å²) < 4.78 is 21.8. The summed E-state index contributed by atoms with van der Waals surface area (Å²) >= 11 is 0. The Bertz CT molecular complexity index is 1370. The van der Waals surface area contributed by atoms with E-state index in [0.717, 1.165) is 48.4 Å². The first-order chi connectivity index (χ1) is 19.0. The predicted molar refractivity (Wildman–Crippen MR) is 155 cm³/mol. The number of carbonyl (C=O) groups excluding carboxylic acids is 1. The van der Waals surface area contributed by atoms with Gasteiger partial charge < -0.3 is 19.1 Å². The SMILES string of the molecule is CCN(C(=O)c1cc(F)ccc1-c1cc(C2CN(C(CCC3(O)COC3)C(C)C)C2)cn2c(C)ncc12)C(C)C. The largest absolute Gasteiger partial charge is 0.385 e. The van der Waals surface area contributed by atoms with Gasteiger partial charge in [-0.25, -0.2) is 9.37 Å². The molecule has 0 saturated carbocycles. The molecule has 7 nitrogen and oxygen atoms in total. The molecule has 4 heterocycles. The molecular weight excluding hydrogens is 507 g/mol. The molecule has 8 heteroatoms. The van der Waals surface area contributed by atoms with Gasteiger partial charge in [-0.05, 0) is 75.8 Å². The molecule has 1 aromatic carbocycles. The number of carbonyl (C=O) groups is 1. The molecule has 0 spiro atoms. The average Bonchev–Trinajstić information content (AvgIpc) is 3.24. The van der Waals surface area contributed by atoms with Crippen LogP contribution in [0.2, 0.25) is 0 Å². The van der Waals surface area contributed by atoms with Crippen molar-refractivity contribution in [3.8, 4) is 11.1 Å². The lowest BCUT2D eigenvalue weighted by Gasteiger charge is -2.47. The van der Waals surface area contributed by atoms with E-state index in [4.69, 9.17) is 4.74 Å². The van der Waals surface area contributed by atoms with E-state index < -0.39 is 11.4 Å². The molecule has 2 aliphatic rings. The van der Waals surface area contributed by atoms with Crippen molar-refractivity contribution in [1.29, 1.82) is 0 Å². The summed E-state index contributed by atoms with van der Waals surface area (Å²) in [4.78, 5) is 22.5. The average molecular weight is 551 g/mol. The molecule has 216 valence electrons. The van der Waals surface area contributed by atoms with Crippen molar-refractivity contribution >= 4 is 11.4 Å². The van der Waals surface area contributed by atoms with Gasteiger partial charge in [-0.15, -0.1) is 0 Å². The number of nitrogens with zero attached hydrogens (tertiary/aromatic N) is 4. The Balaban J connectivity index is 1.46. The third-order valence-corrected chi connectivity index (χ3v) is 8.84. The van der Waals surface area contributed by atoms with Crippen molar-refractivity contribution in [2.24, 2.45) is 5.92 Å². The lowest BCUT2D eigenvalue weighted by Crippen LogP contribution is -2.55. The van der Waals surface area contributed by atoms with Crippen LogP contribution in [0.1, 0.15) is 75.1 Å². The molecule has 0 bridgehead atoms. The van der Waals surface area contributed by atoms with Crippen LogP contribution >= 0.6 is 0 Å². The van der Waals surface area contributed by atoms with Gasteiger partial charge in [0.15, 0.2) is 0 Å². The van der Waals surface area contributed by atoms with Crippen LogP contribution in [0.3, 0.4) is 0 Å². The number of aromatic nitrogens is 2. The van der Waals surface area contributed by atoms with Gasteiger partial charge in [0.1, 0.15) is 17.2 Å². The number of amides is 1. The summed E-state index contributed by atoms with van der Waals surface area (Å²) in [7, 11) is 0. The quantitative estimate of drug-likeness (QED) is 0.372. The number of hydrogen-bond acceptors (Lipinski definition) is 5. The maximum atomic E-state index is 14.5. The fourth-order valence-electron chi connectivity index (χ4n) is 6.34. The Kier molecular flexibility index (Phi) is 8.06. The Morgan fingerprint density at radius 3 is 2.52 bits per heavy atom. The maximum absolute atomic E-state index is 14.5. The van der Waals surface area contributed by atoms with E-state index in [-0.39, 0.29) is 11.9 Å². The number of benzene rings is 1. The topological polar surface area (TPSA) is 70.3 Å². The lowest BCUT2D eigenvalue weighted by atomic mass is 9.83. The molecule has 0 aliphatic carbocycles. The number of likely N-dealkylation sites (tertiary alicyclic amines) is 1. The Labute approximate surface area is 237 Å². The molecule has 1 unspecified atom stereocenters. The molecule has 1 atom stereocenters. The van der Waals surface area contributed by atoms with Crippen LogP contribution in [0.15, 0.2) is 36.7 Å².